The lowest BCUT2D eigenvalue weighted by atomic mass is 10.1. The summed E-state index contributed by atoms with van der Waals surface area (Å²) >= 11 is 16.1. The van der Waals surface area contributed by atoms with Crippen LogP contribution in [0.4, 0.5) is 11.4 Å². The Balaban J connectivity index is 0.00000400. The first kappa shape index (κ1) is 30.3. The van der Waals surface area contributed by atoms with E-state index in [1.165, 1.54) is 6.07 Å². The molecule has 0 saturated carbocycles. The van der Waals surface area contributed by atoms with Crippen molar-refractivity contribution in [2.24, 2.45) is 0 Å². The molecular formula is C28H29BrCl3N3O3. The number of rotatable bonds is 10. The van der Waals surface area contributed by atoms with Crippen molar-refractivity contribution in [3.63, 3.8) is 0 Å². The number of hydrogen-bond donors (Lipinski definition) is 0. The van der Waals surface area contributed by atoms with Crippen LogP contribution in [0.2, 0.25) is 10.0 Å². The van der Waals surface area contributed by atoms with Gasteiger partial charge in [0, 0.05) is 48.3 Å². The minimum absolute atomic E-state index is 0. The summed E-state index contributed by atoms with van der Waals surface area (Å²) in [7, 11) is 0. The molecule has 0 unspecified atom stereocenters. The second-order valence-electron chi connectivity index (χ2n) is 8.79. The van der Waals surface area contributed by atoms with E-state index in [4.69, 9.17) is 27.9 Å². The molecular weight excluding hydrogens is 613 g/mol. The average Bonchev–Trinajstić information content (AvgIpc) is 2.90. The Kier molecular flexibility index (Phi) is 11.7. The molecule has 6 nitrogen and oxygen atoms in total. The van der Waals surface area contributed by atoms with E-state index in [-0.39, 0.29) is 23.0 Å². The molecule has 0 radical (unpaired) electrons. The zero-order chi connectivity index (χ0) is 26.2. The molecule has 0 amide bonds. The zero-order valence-electron chi connectivity index (χ0n) is 20.7. The first-order chi connectivity index (χ1) is 17.9. The van der Waals surface area contributed by atoms with Gasteiger partial charge in [0.25, 0.3) is 5.69 Å². The predicted octanol–water partition coefficient (Wildman–Crippen LogP) is 8.24. The molecule has 0 atom stereocenters. The number of ether oxygens (including phenoxy) is 1. The second kappa shape index (κ2) is 14.8. The summed E-state index contributed by atoms with van der Waals surface area (Å²) in [5, 5.41) is 12.5. The molecule has 1 saturated heterocycles. The lowest BCUT2D eigenvalue weighted by molar-refractivity contribution is -0.384. The number of nitrogens with zero attached hydrogens (tertiary/aromatic N) is 3. The Morgan fingerprint density at radius 1 is 0.947 bits per heavy atom. The number of benzene rings is 3. The SMILES string of the molecule is Cl.O=[N+]([O-])c1ccc(OCCCCN2CCN(c3cccc(Cl)c3Cl)CC2)c(/C=C/c2ccccc2Br)c1. The monoisotopic (exact) mass is 639 g/mol. The predicted molar refractivity (Wildman–Crippen MR) is 163 cm³/mol. The normalized spacial score (nSPS) is 13.9. The van der Waals surface area contributed by atoms with Crippen LogP contribution in [0.25, 0.3) is 12.2 Å². The van der Waals surface area contributed by atoms with Gasteiger partial charge in [-0.15, -0.1) is 12.4 Å². The molecule has 0 spiro atoms. The van der Waals surface area contributed by atoms with Gasteiger partial charge in [0.2, 0.25) is 0 Å². The van der Waals surface area contributed by atoms with Gasteiger partial charge in [-0.3, -0.25) is 15.0 Å². The molecule has 38 heavy (non-hydrogen) atoms. The summed E-state index contributed by atoms with van der Waals surface area (Å²) in [6.45, 7) is 5.30. The van der Waals surface area contributed by atoms with Crippen LogP contribution in [0.3, 0.4) is 0 Å². The van der Waals surface area contributed by atoms with E-state index in [9.17, 15) is 10.1 Å². The van der Waals surface area contributed by atoms with Crippen molar-refractivity contribution in [3.05, 3.63) is 96.4 Å². The average molecular weight is 642 g/mol. The maximum atomic E-state index is 11.3. The number of nitro benzene ring substituents is 1. The van der Waals surface area contributed by atoms with E-state index in [2.05, 4.69) is 25.7 Å². The van der Waals surface area contributed by atoms with Crippen LogP contribution < -0.4 is 9.64 Å². The molecule has 1 aliphatic heterocycles. The molecule has 3 aromatic rings. The van der Waals surface area contributed by atoms with E-state index < -0.39 is 0 Å². The van der Waals surface area contributed by atoms with E-state index in [0.29, 0.717) is 28.0 Å². The summed E-state index contributed by atoms with van der Waals surface area (Å²) in [6, 6.07) is 18.3. The first-order valence-electron chi connectivity index (χ1n) is 12.2. The molecule has 1 heterocycles. The van der Waals surface area contributed by atoms with Gasteiger partial charge < -0.3 is 9.64 Å². The van der Waals surface area contributed by atoms with Crippen molar-refractivity contribution in [2.45, 2.75) is 12.8 Å². The largest absolute Gasteiger partial charge is 0.493 e. The molecule has 0 aliphatic carbocycles. The molecule has 0 N–H and O–H groups in total. The maximum absolute atomic E-state index is 11.3. The maximum Gasteiger partial charge on any atom is 0.270 e. The molecule has 4 rings (SSSR count). The minimum Gasteiger partial charge on any atom is -0.493 e. The quantitative estimate of drug-likeness (QED) is 0.0966. The van der Waals surface area contributed by atoms with Crippen molar-refractivity contribution < 1.29 is 9.66 Å². The highest BCUT2D eigenvalue weighted by Gasteiger charge is 2.19. The number of piperazine rings is 1. The number of unbranched alkanes of at least 4 members (excludes halogenated alkanes) is 1. The zero-order valence-corrected chi connectivity index (χ0v) is 24.6. The summed E-state index contributed by atoms with van der Waals surface area (Å²) in [5.74, 6) is 0.640. The summed E-state index contributed by atoms with van der Waals surface area (Å²) in [4.78, 5) is 15.6. The molecule has 1 fully saturated rings. The Labute approximate surface area is 247 Å². The van der Waals surface area contributed by atoms with Crippen molar-refractivity contribution in [1.82, 2.24) is 4.90 Å². The highest BCUT2D eigenvalue weighted by molar-refractivity contribution is 9.10. The summed E-state index contributed by atoms with van der Waals surface area (Å²) in [6.07, 6.45) is 5.68. The first-order valence-corrected chi connectivity index (χ1v) is 13.7. The van der Waals surface area contributed by atoms with Gasteiger partial charge in [-0.1, -0.05) is 75.5 Å². The minimum atomic E-state index is -0.389. The molecule has 3 aromatic carbocycles. The van der Waals surface area contributed by atoms with Crippen molar-refractivity contribution in [3.8, 4) is 5.75 Å². The van der Waals surface area contributed by atoms with Crippen LogP contribution in [0.5, 0.6) is 5.75 Å². The van der Waals surface area contributed by atoms with Crippen LogP contribution in [0.1, 0.15) is 24.0 Å². The van der Waals surface area contributed by atoms with Crippen molar-refractivity contribution in [1.29, 1.82) is 0 Å². The van der Waals surface area contributed by atoms with Gasteiger partial charge in [-0.2, -0.15) is 0 Å². The van der Waals surface area contributed by atoms with Crippen LogP contribution in [0.15, 0.2) is 65.1 Å². The standard InChI is InChI=1S/C28H28BrCl2N3O3.ClH/c29-24-7-2-1-6-21(24)10-11-22-20-23(34(35)36)12-13-27(22)37-19-4-3-14-32-15-17-33(18-16-32)26-9-5-8-25(30)28(26)31;/h1-2,5-13,20H,3-4,14-19H2;1H/b11-10+;. The highest BCUT2D eigenvalue weighted by Crippen LogP contribution is 2.33. The van der Waals surface area contributed by atoms with E-state index in [0.717, 1.165) is 61.3 Å². The Bertz CT molecular complexity index is 1270. The molecule has 1 aliphatic rings. The van der Waals surface area contributed by atoms with Crippen LogP contribution in [-0.4, -0.2) is 49.2 Å². The smallest absolute Gasteiger partial charge is 0.270 e. The van der Waals surface area contributed by atoms with Crippen molar-refractivity contribution >= 4 is 75.1 Å². The van der Waals surface area contributed by atoms with E-state index in [1.807, 2.05) is 54.6 Å². The van der Waals surface area contributed by atoms with Gasteiger partial charge in [-0.25, -0.2) is 0 Å². The third kappa shape index (κ3) is 8.10. The second-order valence-corrected chi connectivity index (χ2v) is 10.4. The van der Waals surface area contributed by atoms with Gasteiger partial charge in [-0.05, 0) is 49.2 Å². The number of halogens is 4. The Morgan fingerprint density at radius 3 is 2.42 bits per heavy atom. The van der Waals surface area contributed by atoms with Crippen LogP contribution >= 0.6 is 51.5 Å². The topological polar surface area (TPSA) is 58.9 Å². The summed E-state index contributed by atoms with van der Waals surface area (Å²) in [5.41, 5.74) is 2.70. The van der Waals surface area contributed by atoms with Crippen LogP contribution in [0, 0.1) is 10.1 Å². The molecule has 0 aromatic heterocycles. The van der Waals surface area contributed by atoms with E-state index in [1.54, 1.807) is 12.1 Å². The van der Waals surface area contributed by atoms with Gasteiger partial charge in [0.05, 0.1) is 27.3 Å². The number of hydrogen-bond acceptors (Lipinski definition) is 5. The fourth-order valence-corrected chi connectivity index (χ4v) is 5.10. The van der Waals surface area contributed by atoms with Crippen molar-refractivity contribution in [2.75, 3.05) is 44.2 Å². The van der Waals surface area contributed by atoms with Gasteiger partial charge in [0.1, 0.15) is 5.75 Å². The number of non-ortho nitro benzene ring substituents is 1. The fourth-order valence-electron chi connectivity index (χ4n) is 4.27. The van der Waals surface area contributed by atoms with E-state index >= 15 is 0 Å². The number of nitro groups is 1. The fraction of sp³-hybridized carbons (Fsp3) is 0.286. The van der Waals surface area contributed by atoms with Gasteiger partial charge in [0.15, 0.2) is 0 Å². The third-order valence-corrected chi connectivity index (χ3v) is 7.85. The lowest BCUT2D eigenvalue weighted by Gasteiger charge is -2.36. The molecule has 202 valence electrons. The summed E-state index contributed by atoms with van der Waals surface area (Å²) < 4.78 is 6.99. The Morgan fingerprint density at radius 2 is 1.68 bits per heavy atom. The Hall–Kier alpha value is -2.29. The highest BCUT2D eigenvalue weighted by atomic mass is 79.9. The third-order valence-electron chi connectivity index (χ3n) is 6.32. The van der Waals surface area contributed by atoms with Crippen LogP contribution in [-0.2, 0) is 0 Å². The van der Waals surface area contributed by atoms with Gasteiger partial charge >= 0.3 is 0 Å². The molecule has 10 heteroatoms. The molecule has 0 bridgehead atoms. The number of anilines is 1. The lowest BCUT2D eigenvalue weighted by Crippen LogP contribution is -2.46.